The van der Waals surface area contributed by atoms with Crippen molar-refractivity contribution < 1.29 is 47.6 Å². The summed E-state index contributed by atoms with van der Waals surface area (Å²) in [5, 5.41) is 15.1. The van der Waals surface area contributed by atoms with Crippen LogP contribution in [0.1, 0.15) is 0 Å². The van der Waals surface area contributed by atoms with Crippen molar-refractivity contribution >= 4 is 55.7 Å². The van der Waals surface area contributed by atoms with Crippen LogP contribution in [0.15, 0.2) is 35.2 Å². The van der Waals surface area contributed by atoms with Crippen LogP contribution in [0.3, 0.4) is 0 Å². The fraction of sp³-hybridized carbons (Fsp3) is 0. The van der Waals surface area contributed by atoms with Gasteiger partial charge in [0.2, 0.25) is 16.5 Å². The number of anilines is 2. The Bertz CT molecular complexity index is 1050. The molecule has 0 atom stereocenters. The zero-order valence-electron chi connectivity index (χ0n) is 12.6. The summed E-state index contributed by atoms with van der Waals surface area (Å²) >= 11 is 11.4. The van der Waals surface area contributed by atoms with Gasteiger partial charge in [-0.15, -0.1) is 0 Å². The standard InChI is InChI=1S/C13H8Cl2N4O4S.Na/c14-11-17-12(15)19-13(18-11)16-7-1-2-9-6(3-7)4-8(5-10(9)20)24(21,22)23;/h1-5,20H,(H,21,22,23)(H,16,17,18,19);/q;+1/p-1. The SMILES string of the molecule is O=S(=O)(O)c1cc([O-])c2ccc(Nc3nc(Cl)nc(Cl)n3)cc2c1.[Na+]. The molecule has 0 saturated heterocycles. The normalized spacial score (nSPS) is 11.2. The second-order valence-corrected chi connectivity index (χ2v) is 6.75. The fourth-order valence-corrected chi connectivity index (χ4v) is 2.94. The first-order valence-electron chi connectivity index (χ1n) is 6.29. The van der Waals surface area contributed by atoms with E-state index in [1.54, 1.807) is 6.07 Å². The van der Waals surface area contributed by atoms with E-state index in [0.717, 1.165) is 6.07 Å². The third kappa shape index (κ3) is 4.70. The largest absolute Gasteiger partial charge is 1.00 e. The molecular formula is C13H7Cl2N4NaO4S. The first kappa shape index (κ1) is 20.1. The number of halogens is 2. The second kappa shape index (κ2) is 7.58. The smallest absolute Gasteiger partial charge is 0.872 e. The van der Waals surface area contributed by atoms with Gasteiger partial charge in [-0.05, 0) is 58.2 Å². The molecule has 0 unspecified atom stereocenters. The summed E-state index contributed by atoms with van der Waals surface area (Å²) in [7, 11) is -4.49. The fourth-order valence-electron chi connectivity index (χ4n) is 2.05. The molecule has 0 fully saturated rings. The number of rotatable bonds is 3. The molecule has 0 aliphatic rings. The molecule has 1 heterocycles. The van der Waals surface area contributed by atoms with E-state index in [2.05, 4.69) is 20.3 Å². The van der Waals surface area contributed by atoms with Crippen molar-refractivity contribution in [3.63, 3.8) is 0 Å². The van der Waals surface area contributed by atoms with E-state index in [1.165, 1.54) is 18.2 Å². The number of benzene rings is 2. The van der Waals surface area contributed by atoms with E-state index in [1.807, 2.05) is 0 Å². The van der Waals surface area contributed by atoms with Gasteiger partial charge in [0.05, 0.1) is 4.90 Å². The van der Waals surface area contributed by atoms with E-state index in [9.17, 15) is 13.5 Å². The Hall–Kier alpha value is -1.20. The maximum atomic E-state index is 11.9. The molecule has 0 bridgehead atoms. The Kier molecular flexibility index (Phi) is 6.10. The summed E-state index contributed by atoms with van der Waals surface area (Å²) < 4.78 is 31.5. The van der Waals surface area contributed by atoms with Crippen LogP contribution in [0.25, 0.3) is 10.8 Å². The van der Waals surface area contributed by atoms with E-state index in [0.29, 0.717) is 16.5 Å². The molecule has 0 saturated carbocycles. The Morgan fingerprint density at radius 2 is 1.68 bits per heavy atom. The molecule has 8 nitrogen and oxygen atoms in total. The van der Waals surface area contributed by atoms with Crippen molar-refractivity contribution in [3.05, 3.63) is 40.9 Å². The van der Waals surface area contributed by atoms with Gasteiger partial charge in [0.1, 0.15) is 0 Å². The van der Waals surface area contributed by atoms with Gasteiger partial charge in [-0.2, -0.15) is 23.4 Å². The molecule has 3 rings (SSSR count). The first-order chi connectivity index (χ1) is 11.2. The molecule has 2 aromatic carbocycles. The molecule has 0 amide bonds. The average Bonchev–Trinajstić information content (AvgIpc) is 2.44. The molecule has 0 aliphatic carbocycles. The van der Waals surface area contributed by atoms with E-state index >= 15 is 0 Å². The second-order valence-electron chi connectivity index (χ2n) is 4.65. The number of hydrogen-bond acceptors (Lipinski definition) is 7. The van der Waals surface area contributed by atoms with Crippen LogP contribution in [0, 0.1) is 0 Å². The summed E-state index contributed by atoms with van der Waals surface area (Å²) in [6.07, 6.45) is 0. The molecule has 0 radical (unpaired) electrons. The topological polar surface area (TPSA) is 128 Å². The predicted molar refractivity (Wildman–Crippen MR) is 86.3 cm³/mol. The number of nitrogens with zero attached hydrogens (tertiary/aromatic N) is 3. The van der Waals surface area contributed by atoms with Crippen LogP contribution in [0.5, 0.6) is 5.75 Å². The molecule has 25 heavy (non-hydrogen) atoms. The maximum Gasteiger partial charge on any atom is 1.00 e. The number of hydrogen-bond donors (Lipinski definition) is 2. The van der Waals surface area contributed by atoms with Crippen molar-refractivity contribution in [1.29, 1.82) is 0 Å². The minimum Gasteiger partial charge on any atom is -0.872 e. The van der Waals surface area contributed by atoms with Gasteiger partial charge in [-0.1, -0.05) is 11.8 Å². The van der Waals surface area contributed by atoms with Gasteiger partial charge in [-0.3, -0.25) is 4.55 Å². The van der Waals surface area contributed by atoms with Crippen molar-refractivity contribution in [2.45, 2.75) is 4.90 Å². The summed E-state index contributed by atoms with van der Waals surface area (Å²) in [5.41, 5.74) is 0.452. The number of aromatic nitrogens is 3. The van der Waals surface area contributed by atoms with Crippen LogP contribution in [0.2, 0.25) is 10.6 Å². The minimum absolute atomic E-state index is 0. The number of nitrogens with one attached hydrogen (secondary N) is 1. The van der Waals surface area contributed by atoms with Crippen LogP contribution in [0.4, 0.5) is 11.6 Å². The van der Waals surface area contributed by atoms with Crippen molar-refractivity contribution in [3.8, 4) is 5.75 Å². The molecule has 12 heteroatoms. The quantitative estimate of drug-likeness (QED) is 0.434. The third-order valence-electron chi connectivity index (χ3n) is 3.02. The van der Waals surface area contributed by atoms with Crippen molar-refractivity contribution in [1.82, 2.24) is 15.0 Å². The van der Waals surface area contributed by atoms with Gasteiger partial charge in [0, 0.05) is 5.69 Å². The molecule has 0 spiro atoms. The molecule has 124 valence electrons. The van der Waals surface area contributed by atoms with Gasteiger partial charge < -0.3 is 10.4 Å². The Morgan fingerprint density at radius 3 is 2.28 bits per heavy atom. The Morgan fingerprint density at radius 1 is 1.04 bits per heavy atom. The van der Waals surface area contributed by atoms with E-state index in [4.69, 9.17) is 27.8 Å². The molecule has 0 aliphatic heterocycles. The van der Waals surface area contributed by atoms with Crippen molar-refractivity contribution in [2.24, 2.45) is 0 Å². The van der Waals surface area contributed by atoms with Crippen LogP contribution < -0.4 is 40.0 Å². The monoisotopic (exact) mass is 408 g/mol. The Balaban J connectivity index is 0.00000225. The average molecular weight is 409 g/mol. The minimum atomic E-state index is -4.49. The van der Waals surface area contributed by atoms with E-state index < -0.39 is 20.8 Å². The van der Waals surface area contributed by atoms with Crippen LogP contribution >= 0.6 is 23.2 Å². The van der Waals surface area contributed by atoms with Crippen LogP contribution in [-0.2, 0) is 10.1 Å². The summed E-state index contributed by atoms with van der Waals surface area (Å²) in [4.78, 5) is 10.8. The van der Waals surface area contributed by atoms with Gasteiger partial charge >= 0.3 is 29.6 Å². The zero-order valence-corrected chi connectivity index (χ0v) is 16.9. The molecule has 3 aromatic rings. The van der Waals surface area contributed by atoms with Crippen LogP contribution in [-0.4, -0.2) is 27.9 Å². The van der Waals surface area contributed by atoms with Gasteiger partial charge in [0.15, 0.2) is 0 Å². The molecular weight excluding hydrogens is 402 g/mol. The molecule has 1 aromatic heterocycles. The zero-order chi connectivity index (χ0) is 17.5. The summed E-state index contributed by atoms with van der Waals surface area (Å²) in [5.74, 6) is -0.453. The Labute approximate surface area is 174 Å². The molecule has 2 N–H and O–H groups in total. The van der Waals surface area contributed by atoms with Gasteiger partial charge in [0.25, 0.3) is 10.1 Å². The van der Waals surface area contributed by atoms with E-state index in [-0.39, 0.29) is 46.1 Å². The summed E-state index contributed by atoms with van der Waals surface area (Å²) in [6.45, 7) is 0. The predicted octanol–water partition coefficient (Wildman–Crippen LogP) is -0.601. The first-order valence-corrected chi connectivity index (χ1v) is 8.48. The maximum absolute atomic E-state index is 11.9. The van der Waals surface area contributed by atoms with Crippen molar-refractivity contribution in [2.75, 3.05) is 5.32 Å². The number of fused-ring (bicyclic) bond motifs is 1. The van der Waals surface area contributed by atoms with Gasteiger partial charge in [-0.25, -0.2) is 0 Å². The summed E-state index contributed by atoms with van der Waals surface area (Å²) in [6, 6.07) is 6.61. The third-order valence-corrected chi connectivity index (χ3v) is 4.19.